The third-order valence-corrected chi connectivity index (χ3v) is 3.21. The fraction of sp³-hybridized carbons (Fsp3) is 0.182. The van der Waals surface area contributed by atoms with Gasteiger partial charge in [-0.2, -0.15) is 5.10 Å². The van der Waals surface area contributed by atoms with E-state index >= 15 is 0 Å². The monoisotopic (exact) mass is 250 g/mol. The quantitative estimate of drug-likeness (QED) is 0.846. The Bertz CT molecular complexity index is 598. The lowest BCUT2D eigenvalue weighted by molar-refractivity contribution is 0.0702. The van der Waals surface area contributed by atoms with Crippen LogP contribution in [0.15, 0.2) is 17.6 Å². The first kappa shape index (κ1) is 11.5. The van der Waals surface area contributed by atoms with Crippen LogP contribution in [0.25, 0.3) is 11.1 Å². The van der Waals surface area contributed by atoms with Crippen molar-refractivity contribution in [3.8, 4) is 11.1 Å². The topological polar surface area (TPSA) is 72.2 Å². The van der Waals surface area contributed by atoms with Gasteiger partial charge in [-0.05, 0) is 11.4 Å². The molecule has 0 atom stereocenters. The van der Waals surface area contributed by atoms with Crippen molar-refractivity contribution in [2.45, 2.75) is 6.92 Å². The molecule has 0 fully saturated rings. The van der Waals surface area contributed by atoms with Crippen LogP contribution in [0.4, 0.5) is 0 Å². The molecule has 0 aliphatic rings. The van der Waals surface area contributed by atoms with Gasteiger partial charge in [0.2, 0.25) is 0 Å². The van der Waals surface area contributed by atoms with Crippen molar-refractivity contribution in [1.82, 2.24) is 9.78 Å². The zero-order chi connectivity index (χ0) is 12.6. The lowest BCUT2D eigenvalue weighted by Crippen LogP contribution is -1.99. The second-order valence-corrected chi connectivity index (χ2v) is 4.51. The predicted molar refractivity (Wildman–Crippen MR) is 63.5 cm³/mol. The molecule has 0 saturated carbocycles. The molecule has 2 rings (SSSR count). The maximum atomic E-state index is 11.4. The highest BCUT2D eigenvalue weighted by atomic mass is 32.1. The number of thiophene rings is 1. The van der Waals surface area contributed by atoms with E-state index in [-0.39, 0.29) is 10.7 Å². The SMILES string of the molecule is CC(=O)c1nn(C)cc1-c1ccsc1C(=O)O. The van der Waals surface area contributed by atoms with Crippen molar-refractivity contribution in [1.29, 1.82) is 0 Å². The summed E-state index contributed by atoms with van der Waals surface area (Å²) >= 11 is 1.13. The maximum absolute atomic E-state index is 11.4. The van der Waals surface area contributed by atoms with Gasteiger partial charge in [0.25, 0.3) is 0 Å². The highest BCUT2D eigenvalue weighted by Gasteiger charge is 2.20. The van der Waals surface area contributed by atoms with Gasteiger partial charge in [0.15, 0.2) is 5.78 Å². The normalized spacial score (nSPS) is 10.5. The van der Waals surface area contributed by atoms with Gasteiger partial charge in [-0.3, -0.25) is 9.48 Å². The second kappa shape index (κ2) is 4.14. The molecule has 88 valence electrons. The average molecular weight is 250 g/mol. The third kappa shape index (κ3) is 1.99. The van der Waals surface area contributed by atoms with Gasteiger partial charge in [0.1, 0.15) is 10.6 Å². The van der Waals surface area contributed by atoms with E-state index in [4.69, 9.17) is 5.11 Å². The van der Waals surface area contributed by atoms with Gasteiger partial charge in [-0.25, -0.2) is 4.79 Å². The zero-order valence-electron chi connectivity index (χ0n) is 9.30. The van der Waals surface area contributed by atoms with E-state index in [1.54, 1.807) is 24.7 Å². The summed E-state index contributed by atoms with van der Waals surface area (Å²) in [7, 11) is 1.70. The summed E-state index contributed by atoms with van der Waals surface area (Å²) < 4.78 is 1.51. The summed E-state index contributed by atoms with van der Waals surface area (Å²) in [5.74, 6) is -1.17. The first-order valence-corrected chi connectivity index (χ1v) is 5.74. The molecule has 0 bridgehead atoms. The standard InChI is InChI=1S/C11H10N2O3S/c1-6(14)9-8(5-13(2)12-9)7-3-4-17-10(7)11(15)16/h3-5H,1-2H3,(H,15,16). The minimum Gasteiger partial charge on any atom is -0.477 e. The third-order valence-electron chi connectivity index (χ3n) is 2.31. The molecule has 0 aliphatic carbocycles. The Hall–Kier alpha value is -1.95. The number of carboxylic acid groups (broad SMARTS) is 1. The van der Waals surface area contributed by atoms with Crippen LogP contribution >= 0.6 is 11.3 Å². The number of aromatic carboxylic acids is 1. The molecule has 0 amide bonds. The number of nitrogens with zero attached hydrogens (tertiary/aromatic N) is 2. The molecule has 6 heteroatoms. The minimum atomic E-state index is -0.992. The van der Waals surface area contributed by atoms with Crippen molar-refractivity contribution in [2.75, 3.05) is 0 Å². The number of carbonyl (C=O) groups is 2. The lowest BCUT2D eigenvalue weighted by atomic mass is 10.1. The Labute approximate surface area is 101 Å². The van der Waals surface area contributed by atoms with Crippen LogP contribution in [0, 0.1) is 0 Å². The van der Waals surface area contributed by atoms with Crippen LogP contribution < -0.4 is 0 Å². The molecular weight excluding hydrogens is 240 g/mol. The highest BCUT2D eigenvalue weighted by molar-refractivity contribution is 7.12. The van der Waals surface area contributed by atoms with Crippen molar-refractivity contribution in [3.05, 3.63) is 28.2 Å². The van der Waals surface area contributed by atoms with Crippen LogP contribution in [-0.2, 0) is 7.05 Å². The Morgan fingerprint density at radius 1 is 1.41 bits per heavy atom. The van der Waals surface area contributed by atoms with Gasteiger partial charge < -0.3 is 5.11 Å². The molecule has 0 saturated heterocycles. The number of rotatable bonds is 3. The van der Waals surface area contributed by atoms with E-state index in [1.165, 1.54) is 11.6 Å². The number of carboxylic acids is 1. The van der Waals surface area contributed by atoms with E-state index in [0.29, 0.717) is 16.8 Å². The van der Waals surface area contributed by atoms with Gasteiger partial charge >= 0.3 is 5.97 Å². The van der Waals surface area contributed by atoms with Crippen molar-refractivity contribution in [2.24, 2.45) is 7.05 Å². The largest absolute Gasteiger partial charge is 0.477 e. The van der Waals surface area contributed by atoms with Gasteiger partial charge in [-0.15, -0.1) is 11.3 Å². The molecule has 0 unspecified atom stereocenters. The molecule has 2 aromatic rings. The minimum absolute atomic E-state index is 0.178. The molecule has 17 heavy (non-hydrogen) atoms. The van der Waals surface area contributed by atoms with E-state index in [1.807, 2.05) is 0 Å². The Kier molecular flexibility index (Phi) is 2.81. The molecule has 5 nitrogen and oxygen atoms in total. The first-order valence-electron chi connectivity index (χ1n) is 4.86. The second-order valence-electron chi connectivity index (χ2n) is 3.59. The lowest BCUT2D eigenvalue weighted by Gasteiger charge is -1.98. The van der Waals surface area contributed by atoms with Crippen molar-refractivity contribution < 1.29 is 14.7 Å². The van der Waals surface area contributed by atoms with Gasteiger partial charge in [0.05, 0.1) is 0 Å². The smallest absolute Gasteiger partial charge is 0.346 e. The summed E-state index contributed by atoms with van der Waals surface area (Å²) in [5, 5.41) is 14.8. The number of aryl methyl sites for hydroxylation is 1. The first-order chi connectivity index (χ1) is 8.00. The molecule has 0 aliphatic heterocycles. The molecule has 1 N–H and O–H groups in total. The molecule has 0 spiro atoms. The van der Waals surface area contributed by atoms with E-state index in [2.05, 4.69) is 5.10 Å². The fourth-order valence-corrected chi connectivity index (χ4v) is 2.38. The van der Waals surface area contributed by atoms with E-state index in [0.717, 1.165) is 11.3 Å². The molecule has 2 aromatic heterocycles. The predicted octanol–water partition coefficient (Wildman–Crippen LogP) is 2.05. The zero-order valence-corrected chi connectivity index (χ0v) is 10.1. The maximum Gasteiger partial charge on any atom is 0.346 e. The number of Topliss-reactive ketones (excluding diaryl/α,β-unsaturated/α-hetero) is 1. The van der Waals surface area contributed by atoms with Crippen LogP contribution in [0.5, 0.6) is 0 Å². The fourth-order valence-electron chi connectivity index (χ4n) is 1.63. The summed E-state index contributed by atoms with van der Waals surface area (Å²) in [4.78, 5) is 22.7. The Morgan fingerprint density at radius 2 is 2.12 bits per heavy atom. The summed E-state index contributed by atoms with van der Waals surface area (Å²) in [6, 6.07) is 1.69. The van der Waals surface area contributed by atoms with Crippen molar-refractivity contribution in [3.63, 3.8) is 0 Å². The number of ketones is 1. The number of hydrogen-bond acceptors (Lipinski definition) is 4. The number of aromatic nitrogens is 2. The molecule has 0 radical (unpaired) electrons. The van der Waals surface area contributed by atoms with Crippen molar-refractivity contribution >= 4 is 23.1 Å². The van der Waals surface area contributed by atoms with Gasteiger partial charge in [0, 0.05) is 31.3 Å². The van der Waals surface area contributed by atoms with E-state index in [9.17, 15) is 9.59 Å². The van der Waals surface area contributed by atoms with Crippen LogP contribution in [0.1, 0.15) is 27.1 Å². The van der Waals surface area contributed by atoms with Gasteiger partial charge in [-0.1, -0.05) is 0 Å². The Morgan fingerprint density at radius 3 is 2.71 bits per heavy atom. The summed E-state index contributed by atoms with van der Waals surface area (Å²) in [6.07, 6.45) is 1.66. The van der Waals surface area contributed by atoms with E-state index < -0.39 is 5.97 Å². The molecule has 0 aromatic carbocycles. The van der Waals surface area contributed by atoms with Crippen LogP contribution in [0.2, 0.25) is 0 Å². The summed E-state index contributed by atoms with van der Waals surface area (Å²) in [6.45, 7) is 1.42. The summed E-state index contributed by atoms with van der Waals surface area (Å²) in [5.41, 5.74) is 1.41. The molecular formula is C11H10N2O3S. The Balaban J connectivity index is 2.64. The number of hydrogen-bond donors (Lipinski definition) is 1. The average Bonchev–Trinajstić information content (AvgIpc) is 2.82. The number of carbonyl (C=O) groups excluding carboxylic acids is 1. The molecule has 2 heterocycles. The highest BCUT2D eigenvalue weighted by Crippen LogP contribution is 2.30. The van der Waals surface area contributed by atoms with Crippen LogP contribution in [-0.4, -0.2) is 26.6 Å². The van der Waals surface area contributed by atoms with Crippen LogP contribution in [0.3, 0.4) is 0 Å².